The molecule has 0 N–H and O–H groups in total. The van der Waals surface area contributed by atoms with Crippen molar-refractivity contribution in [3.63, 3.8) is 0 Å². The van der Waals surface area contributed by atoms with E-state index in [-0.39, 0.29) is 11.2 Å². The van der Waals surface area contributed by atoms with Crippen molar-refractivity contribution in [2.24, 2.45) is 0 Å². The number of hydrogen-bond acceptors (Lipinski definition) is 2. The average Bonchev–Trinajstić information content (AvgIpc) is 2.81. The van der Waals surface area contributed by atoms with Crippen LogP contribution in [-0.2, 0) is 0 Å². The molecule has 0 aromatic heterocycles. The van der Waals surface area contributed by atoms with Gasteiger partial charge in [-0.1, -0.05) is 0 Å². The molecule has 4 aromatic rings. The molecule has 0 aliphatic heterocycles. The van der Waals surface area contributed by atoms with Crippen molar-refractivity contribution >= 4 is 28.5 Å². The minimum atomic E-state index is -2.57. The quantitative estimate of drug-likeness (QED) is 0.295. The average molecular weight is 485 g/mol. The molecule has 4 rings (SSSR count). The topological polar surface area (TPSA) is 18.5 Å². The molecule has 0 spiro atoms. The van der Waals surface area contributed by atoms with Crippen LogP contribution in [0.2, 0.25) is 0 Å². The van der Waals surface area contributed by atoms with E-state index in [4.69, 9.17) is 9.47 Å². The minimum absolute atomic E-state index is 0.238. The van der Waals surface area contributed by atoms with Gasteiger partial charge >= 0.3 is 211 Å². The summed E-state index contributed by atoms with van der Waals surface area (Å²) in [6, 6.07) is 39.4. The summed E-state index contributed by atoms with van der Waals surface area (Å²) in [6.07, 6.45) is 0. The second kappa shape index (κ2) is 9.88. The summed E-state index contributed by atoms with van der Waals surface area (Å²) < 4.78 is 12.3. The Labute approximate surface area is 211 Å². The molecule has 4 aromatic carbocycles. The Morgan fingerprint density at radius 1 is 0.400 bits per heavy atom. The zero-order chi connectivity index (χ0) is 25.1. The Kier molecular flexibility index (Phi) is 7.06. The van der Waals surface area contributed by atoms with Crippen LogP contribution < -0.4 is 30.7 Å². The summed E-state index contributed by atoms with van der Waals surface area (Å²) in [7, 11) is -2.57. The summed E-state index contributed by atoms with van der Waals surface area (Å²) in [6.45, 7) is 12.5. The third kappa shape index (κ3) is 5.77. The van der Waals surface area contributed by atoms with Crippen LogP contribution >= 0.6 is 7.26 Å². The Balaban J connectivity index is 1.94. The molecule has 0 saturated heterocycles. The van der Waals surface area contributed by atoms with Crippen molar-refractivity contribution in [2.45, 2.75) is 52.7 Å². The third-order valence-electron chi connectivity index (χ3n) is 5.84. The summed E-state index contributed by atoms with van der Waals surface area (Å²) in [5.41, 5.74) is -0.477. The van der Waals surface area contributed by atoms with Crippen molar-refractivity contribution in [2.75, 3.05) is 0 Å². The van der Waals surface area contributed by atoms with Crippen LogP contribution in [0.3, 0.4) is 0 Å². The van der Waals surface area contributed by atoms with Gasteiger partial charge in [0.2, 0.25) is 0 Å². The molecule has 0 amide bonds. The standard InChI is InChI=1S/C32H37O2P/c1-31(2,3)33-25-17-21-29(22-18-25)35(27-13-9-7-10-14-27,28-15-11-8-12-16-28)30-23-19-26(20-24-30)34-32(4,5)6/h7-24,35H,1-6H3. The van der Waals surface area contributed by atoms with Crippen molar-refractivity contribution in [1.29, 1.82) is 0 Å². The van der Waals surface area contributed by atoms with E-state index in [9.17, 15) is 0 Å². The molecule has 0 aliphatic rings. The predicted octanol–water partition coefficient (Wildman–Crippen LogP) is 6.39. The molecule has 2 nitrogen and oxygen atoms in total. The number of rotatable bonds is 6. The fourth-order valence-corrected chi connectivity index (χ4v) is 9.35. The van der Waals surface area contributed by atoms with Crippen LogP contribution in [0.1, 0.15) is 41.5 Å². The summed E-state index contributed by atoms with van der Waals surface area (Å²) >= 11 is 0. The molecule has 3 heteroatoms. The van der Waals surface area contributed by atoms with Gasteiger partial charge in [-0.2, -0.15) is 0 Å². The molecule has 0 bridgehead atoms. The fraction of sp³-hybridized carbons (Fsp3) is 0.250. The first kappa shape index (κ1) is 25.0. The van der Waals surface area contributed by atoms with Crippen LogP contribution in [0.4, 0.5) is 0 Å². The van der Waals surface area contributed by atoms with Gasteiger partial charge < -0.3 is 0 Å². The van der Waals surface area contributed by atoms with Crippen LogP contribution in [0.15, 0.2) is 109 Å². The number of hydrogen-bond donors (Lipinski definition) is 0. The molecule has 0 aliphatic carbocycles. The van der Waals surface area contributed by atoms with Crippen molar-refractivity contribution in [3.05, 3.63) is 109 Å². The zero-order valence-electron chi connectivity index (χ0n) is 21.7. The van der Waals surface area contributed by atoms with Crippen LogP contribution in [0.5, 0.6) is 11.5 Å². The number of benzene rings is 4. The number of ether oxygens (including phenoxy) is 2. The maximum atomic E-state index is 6.15. The normalized spacial score (nSPS) is 12.7. The Hall–Kier alpha value is -3.09. The van der Waals surface area contributed by atoms with E-state index < -0.39 is 7.26 Å². The van der Waals surface area contributed by atoms with Crippen LogP contribution in [-0.4, -0.2) is 11.2 Å². The third-order valence-corrected chi connectivity index (χ3v) is 10.6. The second-order valence-corrected chi connectivity index (χ2v) is 14.8. The van der Waals surface area contributed by atoms with E-state index >= 15 is 0 Å². The van der Waals surface area contributed by atoms with Gasteiger partial charge in [0, 0.05) is 0 Å². The molecule has 182 valence electrons. The first-order valence-electron chi connectivity index (χ1n) is 12.3. The van der Waals surface area contributed by atoms with Gasteiger partial charge in [0.05, 0.1) is 0 Å². The van der Waals surface area contributed by atoms with Gasteiger partial charge in [-0.3, -0.25) is 0 Å². The van der Waals surface area contributed by atoms with E-state index in [0.29, 0.717) is 0 Å². The predicted molar refractivity (Wildman–Crippen MR) is 153 cm³/mol. The zero-order valence-corrected chi connectivity index (χ0v) is 22.7. The van der Waals surface area contributed by atoms with Crippen molar-refractivity contribution in [3.8, 4) is 11.5 Å². The van der Waals surface area contributed by atoms with Gasteiger partial charge in [-0.15, -0.1) is 0 Å². The maximum absolute atomic E-state index is 6.15. The van der Waals surface area contributed by atoms with E-state index in [1.165, 1.54) is 21.2 Å². The van der Waals surface area contributed by atoms with Gasteiger partial charge in [0.25, 0.3) is 0 Å². The van der Waals surface area contributed by atoms with Crippen molar-refractivity contribution < 1.29 is 9.47 Å². The molecular weight excluding hydrogens is 447 g/mol. The first-order chi connectivity index (χ1) is 16.6. The molecule has 0 atom stereocenters. The Bertz CT molecular complexity index is 1120. The summed E-state index contributed by atoms with van der Waals surface area (Å²) in [5.74, 6) is 1.78. The monoisotopic (exact) mass is 484 g/mol. The van der Waals surface area contributed by atoms with Gasteiger partial charge in [0.15, 0.2) is 0 Å². The first-order valence-corrected chi connectivity index (χ1v) is 14.3. The Morgan fingerprint density at radius 3 is 0.971 bits per heavy atom. The Morgan fingerprint density at radius 2 is 0.686 bits per heavy atom. The van der Waals surface area contributed by atoms with Gasteiger partial charge in [-0.05, 0) is 0 Å². The van der Waals surface area contributed by atoms with E-state index in [1.54, 1.807) is 0 Å². The summed E-state index contributed by atoms with van der Waals surface area (Å²) in [5, 5.41) is 5.33. The molecule has 0 saturated carbocycles. The molecule has 0 heterocycles. The SMILES string of the molecule is CC(C)(C)Oc1ccc([PH](c2ccccc2)(c2ccccc2)c2ccc(OC(C)(C)C)cc2)cc1. The molecule has 35 heavy (non-hydrogen) atoms. The molecular formula is C32H37O2P. The van der Waals surface area contributed by atoms with Gasteiger partial charge in [0.1, 0.15) is 0 Å². The molecule has 0 fully saturated rings. The fourth-order valence-electron chi connectivity index (χ4n) is 4.63. The van der Waals surface area contributed by atoms with Gasteiger partial charge in [-0.25, -0.2) is 0 Å². The molecule has 0 radical (unpaired) electrons. The molecule has 0 unspecified atom stereocenters. The van der Waals surface area contributed by atoms with E-state index in [0.717, 1.165) is 11.5 Å². The van der Waals surface area contributed by atoms with E-state index in [1.807, 2.05) is 0 Å². The van der Waals surface area contributed by atoms with Crippen LogP contribution in [0.25, 0.3) is 0 Å². The van der Waals surface area contributed by atoms with Crippen molar-refractivity contribution in [1.82, 2.24) is 0 Å². The summed E-state index contributed by atoms with van der Waals surface area (Å²) in [4.78, 5) is 0. The second-order valence-electron chi connectivity index (χ2n) is 11.0. The van der Waals surface area contributed by atoms with E-state index in [2.05, 4.69) is 151 Å². The van der Waals surface area contributed by atoms with Crippen LogP contribution in [0, 0.1) is 0 Å².